The van der Waals surface area contributed by atoms with E-state index in [9.17, 15) is 4.79 Å². The van der Waals surface area contributed by atoms with Crippen molar-refractivity contribution in [1.29, 1.82) is 0 Å². The molecular formula is C20H16N6O. The molecule has 0 radical (unpaired) electrons. The number of nitrogens with zero attached hydrogens (tertiary/aromatic N) is 5. The Kier molecular flexibility index (Phi) is 4.40. The van der Waals surface area contributed by atoms with E-state index in [1.165, 1.54) is 11.0 Å². The number of aromatic nitrogens is 5. The molecule has 7 nitrogen and oxygen atoms in total. The minimum absolute atomic E-state index is 0.238. The molecule has 2 aromatic heterocycles. The quantitative estimate of drug-likeness (QED) is 0.606. The molecule has 0 spiro atoms. The number of hydrogen-bond acceptors (Lipinski definition) is 5. The van der Waals surface area contributed by atoms with Crippen LogP contribution in [0.4, 0.5) is 5.69 Å². The summed E-state index contributed by atoms with van der Waals surface area (Å²) in [7, 11) is 0. The van der Waals surface area contributed by atoms with Gasteiger partial charge in [0.05, 0.1) is 17.6 Å². The van der Waals surface area contributed by atoms with Gasteiger partial charge in [0.2, 0.25) is 0 Å². The van der Waals surface area contributed by atoms with E-state index in [1.54, 1.807) is 6.20 Å². The van der Waals surface area contributed by atoms with Gasteiger partial charge in [0.25, 0.3) is 5.91 Å². The van der Waals surface area contributed by atoms with Crippen molar-refractivity contribution in [2.75, 3.05) is 5.32 Å². The van der Waals surface area contributed by atoms with Crippen LogP contribution in [0.3, 0.4) is 0 Å². The second kappa shape index (κ2) is 7.17. The van der Waals surface area contributed by atoms with E-state index in [4.69, 9.17) is 0 Å². The van der Waals surface area contributed by atoms with Gasteiger partial charge >= 0.3 is 0 Å². The first-order valence-electron chi connectivity index (χ1n) is 8.38. The van der Waals surface area contributed by atoms with Crippen molar-refractivity contribution in [3.63, 3.8) is 0 Å². The van der Waals surface area contributed by atoms with Crippen molar-refractivity contribution in [2.45, 2.75) is 6.92 Å². The Bertz CT molecular complexity index is 1090. The molecule has 132 valence electrons. The Labute approximate surface area is 155 Å². The highest BCUT2D eigenvalue weighted by atomic mass is 16.2. The van der Waals surface area contributed by atoms with Crippen LogP contribution in [-0.4, -0.2) is 30.9 Å². The number of anilines is 1. The number of carbonyl (C=O) groups is 1. The van der Waals surface area contributed by atoms with Crippen molar-refractivity contribution in [2.24, 2.45) is 0 Å². The Morgan fingerprint density at radius 2 is 1.89 bits per heavy atom. The second-order valence-corrected chi connectivity index (χ2v) is 5.88. The van der Waals surface area contributed by atoms with Gasteiger partial charge in [-0.15, -0.1) is 5.10 Å². The molecule has 0 atom stereocenters. The Balaban J connectivity index is 1.54. The van der Waals surface area contributed by atoms with Gasteiger partial charge in [-0.1, -0.05) is 30.3 Å². The second-order valence-electron chi connectivity index (χ2n) is 5.88. The minimum Gasteiger partial charge on any atom is -0.321 e. The highest BCUT2D eigenvalue weighted by Crippen LogP contribution is 2.21. The predicted octanol–water partition coefficient (Wildman–Crippen LogP) is 3.29. The lowest BCUT2D eigenvalue weighted by atomic mass is 10.1. The molecule has 4 rings (SSSR count). The van der Waals surface area contributed by atoms with Crippen molar-refractivity contribution in [3.8, 4) is 16.9 Å². The standard InChI is InChI=1S/C20H16N6O/c1-14-21-11-10-18(23-14)15-6-5-7-16(12-15)24-20(27)19-13-22-26(25-19)17-8-3-2-4-9-17/h2-13H,1H3,(H,24,27). The zero-order valence-electron chi connectivity index (χ0n) is 14.6. The van der Waals surface area contributed by atoms with Gasteiger partial charge < -0.3 is 5.32 Å². The van der Waals surface area contributed by atoms with Gasteiger partial charge in [-0.25, -0.2) is 9.97 Å². The van der Waals surface area contributed by atoms with Crippen LogP contribution in [0.15, 0.2) is 73.1 Å². The molecule has 7 heteroatoms. The van der Waals surface area contributed by atoms with E-state index >= 15 is 0 Å². The number of carbonyl (C=O) groups excluding carboxylic acids is 1. The maximum absolute atomic E-state index is 12.5. The van der Waals surface area contributed by atoms with Crippen LogP contribution in [0, 0.1) is 6.92 Å². The van der Waals surface area contributed by atoms with Crippen LogP contribution in [0.5, 0.6) is 0 Å². The average Bonchev–Trinajstić information content (AvgIpc) is 3.19. The molecule has 0 aliphatic rings. The largest absolute Gasteiger partial charge is 0.321 e. The first-order valence-corrected chi connectivity index (χ1v) is 8.38. The molecule has 0 unspecified atom stereocenters. The lowest BCUT2D eigenvalue weighted by Gasteiger charge is -2.06. The number of hydrogen-bond donors (Lipinski definition) is 1. The summed E-state index contributed by atoms with van der Waals surface area (Å²) >= 11 is 0. The third-order valence-corrected chi connectivity index (χ3v) is 3.90. The number of benzene rings is 2. The molecule has 0 bridgehead atoms. The molecule has 27 heavy (non-hydrogen) atoms. The van der Waals surface area contributed by atoms with Crippen molar-refractivity contribution in [3.05, 3.63) is 84.6 Å². The van der Waals surface area contributed by atoms with Crippen LogP contribution < -0.4 is 5.32 Å². The maximum Gasteiger partial charge on any atom is 0.277 e. The molecule has 2 aromatic carbocycles. The van der Waals surface area contributed by atoms with E-state index < -0.39 is 0 Å². The number of amides is 1. The van der Waals surface area contributed by atoms with Crippen molar-refractivity contribution in [1.82, 2.24) is 25.0 Å². The normalized spacial score (nSPS) is 10.6. The van der Waals surface area contributed by atoms with Crippen molar-refractivity contribution < 1.29 is 4.79 Å². The summed E-state index contributed by atoms with van der Waals surface area (Å²) in [6.45, 7) is 1.84. The third-order valence-electron chi connectivity index (χ3n) is 3.90. The van der Waals surface area contributed by atoms with E-state index in [1.807, 2.05) is 67.6 Å². The van der Waals surface area contributed by atoms with E-state index in [2.05, 4.69) is 25.5 Å². The topological polar surface area (TPSA) is 85.6 Å². The van der Waals surface area contributed by atoms with E-state index in [-0.39, 0.29) is 11.6 Å². The van der Waals surface area contributed by atoms with Gasteiger partial charge in [0.1, 0.15) is 5.82 Å². The van der Waals surface area contributed by atoms with Crippen LogP contribution in [-0.2, 0) is 0 Å². The minimum atomic E-state index is -0.326. The number of para-hydroxylation sites is 1. The van der Waals surface area contributed by atoms with Gasteiger partial charge in [0, 0.05) is 17.4 Å². The Morgan fingerprint density at radius 3 is 2.70 bits per heavy atom. The first kappa shape index (κ1) is 16.6. The van der Waals surface area contributed by atoms with E-state index in [0.717, 1.165) is 16.9 Å². The molecule has 1 amide bonds. The molecule has 0 saturated carbocycles. The van der Waals surface area contributed by atoms with Crippen molar-refractivity contribution >= 4 is 11.6 Å². The lowest BCUT2D eigenvalue weighted by molar-refractivity contribution is 0.102. The summed E-state index contributed by atoms with van der Waals surface area (Å²) in [5.41, 5.74) is 3.38. The molecular weight excluding hydrogens is 340 g/mol. The zero-order chi connectivity index (χ0) is 18.6. The van der Waals surface area contributed by atoms with E-state index in [0.29, 0.717) is 11.5 Å². The van der Waals surface area contributed by atoms with Crippen LogP contribution in [0.1, 0.15) is 16.3 Å². The molecule has 0 saturated heterocycles. The fraction of sp³-hybridized carbons (Fsp3) is 0.0500. The third kappa shape index (κ3) is 3.72. The first-order chi connectivity index (χ1) is 13.2. The average molecular weight is 356 g/mol. The van der Waals surface area contributed by atoms with Crippen LogP contribution >= 0.6 is 0 Å². The molecule has 2 heterocycles. The van der Waals surface area contributed by atoms with Crippen LogP contribution in [0.25, 0.3) is 16.9 Å². The Morgan fingerprint density at radius 1 is 1.04 bits per heavy atom. The van der Waals surface area contributed by atoms with Gasteiger partial charge in [0.15, 0.2) is 5.69 Å². The number of nitrogens with one attached hydrogen (secondary N) is 1. The fourth-order valence-electron chi connectivity index (χ4n) is 2.62. The summed E-state index contributed by atoms with van der Waals surface area (Å²) in [6.07, 6.45) is 3.16. The zero-order valence-corrected chi connectivity index (χ0v) is 14.6. The van der Waals surface area contributed by atoms with Crippen LogP contribution in [0.2, 0.25) is 0 Å². The summed E-state index contributed by atoms with van der Waals surface area (Å²) in [5.74, 6) is 0.368. The highest BCUT2D eigenvalue weighted by Gasteiger charge is 2.12. The SMILES string of the molecule is Cc1nccc(-c2cccc(NC(=O)c3cnn(-c4ccccc4)n3)c2)n1. The monoisotopic (exact) mass is 356 g/mol. The smallest absolute Gasteiger partial charge is 0.277 e. The molecule has 4 aromatic rings. The predicted molar refractivity (Wildman–Crippen MR) is 102 cm³/mol. The van der Waals surface area contributed by atoms with Gasteiger partial charge in [-0.2, -0.15) is 9.90 Å². The maximum atomic E-state index is 12.5. The molecule has 0 fully saturated rings. The summed E-state index contributed by atoms with van der Waals surface area (Å²) in [6, 6.07) is 18.7. The summed E-state index contributed by atoms with van der Waals surface area (Å²) < 4.78 is 0. The Hall–Kier alpha value is -3.87. The molecule has 0 aliphatic heterocycles. The molecule has 0 aliphatic carbocycles. The summed E-state index contributed by atoms with van der Waals surface area (Å²) in [5, 5.41) is 11.2. The van der Waals surface area contributed by atoms with Gasteiger partial charge in [-0.3, -0.25) is 4.79 Å². The highest BCUT2D eigenvalue weighted by molar-refractivity contribution is 6.02. The summed E-state index contributed by atoms with van der Waals surface area (Å²) in [4.78, 5) is 22.4. The lowest BCUT2D eigenvalue weighted by Crippen LogP contribution is -2.13. The number of aryl methyl sites for hydroxylation is 1. The van der Waals surface area contributed by atoms with Gasteiger partial charge in [-0.05, 0) is 37.3 Å². The molecule has 1 N–H and O–H groups in total. The fourth-order valence-corrected chi connectivity index (χ4v) is 2.62. The number of rotatable bonds is 4.